The van der Waals surface area contributed by atoms with E-state index >= 15 is 0 Å². The molecule has 2 N–H and O–H groups in total. The zero-order valence-corrected chi connectivity index (χ0v) is 14.6. The first kappa shape index (κ1) is 20.9. The van der Waals surface area contributed by atoms with Crippen LogP contribution < -0.4 is 5.73 Å². The van der Waals surface area contributed by atoms with Gasteiger partial charge in [-0.1, -0.05) is 6.92 Å². The largest absolute Gasteiger partial charge is 0.364 e. The molecule has 2 aliphatic rings. The molecule has 0 bridgehead atoms. The van der Waals surface area contributed by atoms with Crippen molar-refractivity contribution in [2.75, 3.05) is 39.8 Å². The quantitative estimate of drug-likeness (QED) is 0.814. The maximum Gasteiger partial charge on any atom is 0.251 e. The molecule has 1 unspecified atom stereocenters. The van der Waals surface area contributed by atoms with Crippen LogP contribution in [-0.4, -0.2) is 67.7 Å². The predicted octanol–water partition coefficient (Wildman–Crippen LogP) is 1.14. The molecule has 0 aromatic rings. The van der Waals surface area contributed by atoms with Crippen molar-refractivity contribution < 1.29 is 9.53 Å². The molecule has 2 aliphatic heterocycles. The number of carbonyl (C=O) groups excluding carboxylic acids is 1. The molecule has 0 aromatic carbocycles. The monoisotopic (exact) mass is 341 g/mol. The number of carbonyl (C=O) groups is 1. The Morgan fingerprint density at radius 3 is 2.62 bits per heavy atom. The summed E-state index contributed by atoms with van der Waals surface area (Å²) < 4.78 is 5.70. The zero-order chi connectivity index (χ0) is 13.8. The first-order valence-electron chi connectivity index (χ1n) is 7.46. The van der Waals surface area contributed by atoms with Gasteiger partial charge in [0.1, 0.15) is 6.10 Å². The van der Waals surface area contributed by atoms with Gasteiger partial charge in [-0.2, -0.15) is 0 Å². The average molecular weight is 342 g/mol. The van der Waals surface area contributed by atoms with E-state index in [4.69, 9.17) is 10.5 Å². The van der Waals surface area contributed by atoms with Gasteiger partial charge in [-0.25, -0.2) is 0 Å². The van der Waals surface area contributed by atoms with Crippen LogP contribution in [0.1, 0.15) is 26.2 Å². The van der Waals surface area contributed by atoms with Crippen LogP contribution in [0.15, 0.2) is 0 Å². The minimum Gasteiger partial charge on any atom is -0.364 e. The second-order valence-corrected chi connectivity index (χ2v) is 5.85. The topological polar surface area (TPSA) is 58.8 Å². The predicted molar refractivity (Wildman–Crippen MR) is 89.3 cm³/mol. The molecule has 2 heterocycles. The Labute approximate surface area is 140 Å². The number of hydrogen-bond donors (Lipinski definition) is 1. The molecule has 2 fully saturated rings. The molecule has 1 amide bonds. The molecule has 7 heteroatoms. The van der Waals surface area contributed by atoms with Gasteiger partial charge in [-0.15, -0.1) is 24.8 Å². The van der Waals surface area contributed by atoms with Crippen LogP contribution in [0.25, 0.3) is 0 Å². The summed E-state index contributed by atoms with van der Waals surface area (Å²) in [6.07, 6.45) is 2.71. The Morgan fingerprint density at radius 2 is 2.05 bits per heavy atom. The first-order valence-corrected chi connectivity index (χ1v) is 7.46. The number of nitrogens with two attached hydrogens (primary N) is 1. The number of amides is 1. The van der Waals surface area contributed by atoms with E-state index in [2.05, 4.69) is 18.9 Å². The third-order valence-corrected chi connectivity index (χ3v) is 4.35. The number of hydrogen-bond acceptors (Lipinski definition) is 4. The van der Waals surface area contributed by atoms with Crippen LogP contribution in [-0.2, 0) is 9.53 Å². The molecule has 126 valence electrons. The van der Waals surface area contributed by atoms with Crippen molar-refractivity contribution in [3.05, 3.63) is 0 Å². The fourth-order valence-corrected chi connectivity index (χ4v) is 3.02. The lowest BCUT2D eigenvalue weighted by molar-refractivity contribution is -0.141. The summed E-state index contributed by atoms with van der Waals surface area (Å²) in [5, 5.41) is 0. The van der Waals surface area contributed by atoms with Crippen LogP contribution in [0.2, 0.25) is 0 Å². The lowest BCUT2D eigenvalue weighted by Crippen LogP contribution is -2.39. The Kier molecular flexibility index (Phi) is 9.81. The normalized spacial score (nSPS) is 28.4. The highest BCUT2D eigenvalue weighted by Crippen LogP contribution is 2.24. The second-order valence-electron chi connectivity index (χ2n) is 5.85. The molecule has 0 spiro atoms. The van der Waals surface area contributed by atoms with Crippen molar-refractivity contribution >= 4 is 30.7 Å². The van der Waals surface area contributed by atoms with Crippen molar-refractivity contribution in [3.63, 3.8) is 0 Å². The number of halogens is 2. The molecule has 0 saturated carbocycles. The fraction of sp³-hybridized carbons (Fsp3) is 0.929. The lowest BCUT2D eigenvalue weighted by Gasteiger charge is -2.22. The number of ether oxygens (including phenoxy) is 1. The number of rotatable bonds is 5. The van der Waals surface area contributed by atoms with Gasteiger partial charge in [0.05, 0.1) is 6.10 Å². The third-order valence-electron chi connectivity index (χ3n) is 4.35. The van der Waals surface area contributed by atoms with Gasteiger partial charge >= 0.3 is 0 Å². The first-order chi connectivity index (χ1) is 9.13. The minimum atomic E-state index is -0.240. The SMILES string of the molecule is CCN(C)CC1CCN(C(=O)[C@@H]2CC[C@H](CN)O2)C1.Cl.Cl. The molecule has 0 aliphatic carbocycles. The summed E-state index contributed by atoms with van der Waals surface area (Å²) in [5.41, 5.74) is 5.59. The van der Waals surface area contributed by atoms with E-state index in [-0.39, 0.29) is 42.9 Å². The van der Waals surface area contributed by atoms with Gasteiger partial charge in [0.2, 0.25) is 0 Å². The van der Waals surface area contributed by atoms with Gasteiger partial charge < -0.3 is 20.3 Å². The molecule has 3 atom stereocenters. The van der Waals surface area contributed by atoms with E-state index in [1.165, 1.54) is 0 Å². The van der Waals surface area contributed by atoms with Crippen molar-refractivity contribution in [1.82, 2.24) is 9.80 Å². The molecule has 0 aromatic heterocycles. The Bertz CT molecular complexity index is 321. The van der Waals surface area contributed by atoms with Crippen LogP contribution in [0, 0.1) is 5.92 Å². The van der Waals surface area contributed by atoms with E-state index in [9.17, 15) is 4.79 Å². The average Bonchev–Trinajstić information content (AvgIpc) is 3.06. The van der Waals surface area contributed by atoms with Crippen molar-refractivity contribution in [2.45, 2.75) is 38.4 Å². The van der Waals surface area contributed by atoms with Gasteiger partial charge in [0, 0.05) is 26.2 Å². The Morgan fingerprint density at radius 1 is 1.33 bits per heavy atom. The maximum absolute atomic E-state index is 12.4. The van der Waals surface area contributed by atoms with Gasteiger partial charge in [-0.05, 0) is 38.8 Å². The van der Waals surface area contributed by atoms with Crippen LogP contribution in [0.4, 0.5) is 0 Å². The van der Waals surface area contributed by atoms with Crippen molar-refractivity contribution in [2.24, 2.45) is 11.7 Å². The molecule has 2 rings (SSSR count). The standard InChI is InChI=1S/C14H27N3O2.2ClH/c1-3-16(2)9-11-6-7-17(10-11)14(18)13-5-4-12(8-15)19-13;;/h11-13H,3-10,15H2,1-2H3;2*1H/t11?,12-,13+;;/m1../s1. The van der Waals surface area contributed by atoms with Crippen LogP contribution >= 0.6 is 24.8 Å². The highest BCUT2D eigenvalue weighted by Gasteiger charge is 2.35. The van der Waals surface area contributed by atoms with E-state index in [1.54, 1.807) is 0 Å². The molecular weight excluding hydrogens is 313 g/mol. The molecular formula is C14H29Cl2N3O2. The van der Waals surface area contributed by atoms with E-state index in [0.717, 1.165) is 45.4 Å². The minimum absolute atomic E-state index is 0. The summed E-state index contributed by atoms with van der Waals surface area (Å²) in [6, 6.07) is 0. The van der Waals surface area contributed by atoms with Crippen LogP contribution in [0.3, 0.4) is 0 Å². The molecule has 0 radical (unpaired) electrons. The highest BCUT2D eigenvalue weighted by molar-refractivity contribution is 5.85. The van der Waals surface area contributed by atoms with Crippen LogP contribution in [0.5, 0.6) is 0 Å². The third kappa shape index (κ3) is 5.57. The molecule has 2 saturated heterocycles. The summed E-state index contributed by atoms with van der Waals surface area (Å²) >= 11 is 0. The molecule has 5 nitrogen and oxygen atoms in total. The van der Waals surface area contributed by atoms with Crippen molar-refractivity contribution in [1.29, 1.82) is 0 Å². The molecule has 21 heavy (non-hydrogen) atoms. The summed E-state index contributed by atoms with van der Waals surface area (Å²) in [5.74, 6) is 0.790. The zero-order valence-electron chi connectivity index (χ0n) is 13.0. The fourth-order valence-electron chi connectivity index (χ4n) is 3.02. The number of nitrogens with zero attached hydrogens (tertiary/aromatic N) is 2. The summed E-state index contributed by atoms with van der Waals surface area (Å²) in [6.45, 7) is 6.60. The lowest BCUT2D eigenvalue weighted by atomic mass is 10.1. The van der Waals surface area contributed by atoms with E-state index in [0.29, 0.717) is 12.5 Å². The van der Waals surface area contributed by atoms with Gasteiger partial charge in [0.15, 0.2) is 0 Å². The summed E-state index contributed by atoms with van der Waals surface area (Å²) in [4.78, 5) is 16.7. The summed E-state index contributed by atoms with van der Waals surface area (Å²) in [7, 11) is 2.14. The van der Waals surface area contributed by atoms with Gasteiger partial charge in [0.25, 0.3) is 5.91 Å². The Balaban J connectivity index is 0.00000200. The van der Waals surface area contributed by atoms with E-state index in [1.807, 2.05) is 4.90 Å². The van der Waals surface area contributed by atoms with Crippen molar-refractivity contribution in [3.8, 4) is 0 Å². The highest BCUT2D eigenvalue weighted by atomic mass is 35.5. The maximum atomic E-state index is 12.4. The Hall–Kier alpha value is -0.0700. The van der Waals surface area contributed by atoms with E-state index < -0.39 is 0 Å². The second kappa shape index (κ2) is 9.85. The number of likely N-dealkylation sites (tertiary alicyclic amines) is 1. The van der Waals surface area contributed by atoms with Gasteiger partial charge in [-0.3, -0.25) is 4.79 Å². The smallest absolute Gasteiger partial charge is 0.251 e.